The highest BCUT2D eigenvalue weighted by atomic mass is 35.5. The molecule has 4 aromatic carbocycles. The molecular formula is C49H57ClN10O9. The first-order valence-electron chi connectivity index (χ1n) is 22.1. The first kappa shape index (κ1) is 52.4. The van der Waals surface area contributed by atoms with Crippen molar-refractivity contribution in [3.8, 4) is 5.75 Å². The molecule has 0 spiro atoms. The van der Waals surface area contributed by atoms with E-state index < -0.39 is 78.4 Å². The molecule has 0 aliphatic rings. The first-order chi connectivity index (χ1) is 33.1. The summed E-state index contributed by atoms with van der Waals surface area (Å²) in [5.41, 5.74) is 19.5. The van der Waals surface area contributed by atoms with Gasteiger partial charge in [0.15, 0.2) is 5.96 Å². The average molecular weight is 966 g/mol. The smallest absolute Gasteiger partial charge is 0.326 e. The number of aliphatic hydroxyl groups is 1. The number of phenols is 1. The quantitative estimate of drug-likeness (QED) is 0.0222. The first-order valence-corrected chi connectivity index (χ1v) is 22.5. The number of unbranched alkanes of at least 4 members (excludes halogenated alkanes) is 1. The Labute approximate surface area is 403 Å². The molecule has 0 unspecified atom stereocenters. The fraction of sp³-hybridized carbons (Fsp3) is 0.306. The second-order valence-electron chi connectivity index (χ2n) is 16.4. The third kappa shape index (κ3) is 16.9. The Balaban J connectivity index is 1.34. The summed E-state index contributed by atoms with van der Waals surface area (Å²) in [5.74, 6) is -5.75. The number of aromatic nitrogens is 1. The number of benzene rings is 4. The zero-order valence-corrected chi connectivity index (χ0v) is 38.3. The van der Waals surface area contributed by atoms with Crippen molar-refractivity contribution >= 4 is 63.8 Å². The van der Waals surface area contributed by atoms with Gasteiger partial charge in [0.25, 0.3) is 0 Å². The summed E-state index contributed by atoms with van der Waals surface area (Å²) in [6.07, 6.45) is 3.52. The highest BCUT2D eigenvalue weighted by Gasteiger charge is 2.33. The number of halogens is 1. The number of nitrogens with two attached hydrogens (primary N) is 3. The molecule has 0 radical (unpaired) electrons. The molecule has 0 fully saturated rings. The van der Waals surface area contributed by atoms with Gasteiger partial charge in [-0.05, 0) is 89.0 Å². The van der Waals surface area contributed by atoms with Gasteiger partial charge < -0.3 is 59.1 Å². The van der Waals surface area contributed by atoms with Crippen LogP contribution in [0.1, 0.15) is 41.5 Å². The third-order valence-electron chi connectivity index (χ3n) is 11.0. The molecule has 5 amide bonds. The Bertz CT molecular complexity index is 2560. The molecule has 0 saturated carbocycles. The summed E-state index contributed by atoms with van der Waals surface area (Å²) in [6.45, 7) is -0.720. The highest BCUT2D eigenvalue weighted by Crippen LogP contribution is 2.18. The van der Waals surface area contributed by atoms with E-state index in [0.29, 0.717) is 34.6 Å². The van der Waals surface area contributed by atoms with Gasteiger partial charge in [0, 0.05) is 43.2 Å². The maximum absolute atomic E-state index is 14.3. The summed E-state index contributed by atoms with van der Waals surface area (Å²) in [7, 11) is 0. The maximum Gasteiger partial charge on any atom is 0.326 e. The molecule has 0 aliphatic heterocycles. The molecule has 5 aromatic rings. The number of carbonyl (C=O) groups is 6. The molecule has 0 bridgehead atoms. The van der Waals surface area contributed by atoms with Crippen LogP contribution in [0.3, 0.4) is 0 Å². The Morgan fingerprint density at radius 1 is 0.594 bits per heavy atom. The molecule has 364 valence electrons. The van der Waals surface area contributed by atoms with Crippen molar-refractivity contribution in [3.05, 3.63) is 143 Å². The number of amides is 5. The van der Waals surface area contributed by atoms with E-state index in [-0.39, 0.29) is 50.4 Å². The minimum Gasteiger partial charge on any atom is -0.508 e. The number of phenolic OH excluding ortho intramolecular Hbond substituents is 1. The van der Waals surface area contributed by atoms with Gasteiger partial charge >= 0.3 is 5.97 Å². The van der Waals surface area contributed by atoms with Crippen molar-refractivity contribution < 1.29 is 44.1 Å². The second kappa shape index (κ2) is 26.1. The molecule has 19 nitrogen and oxygen atoms in total. The topological polar surface area (TPSA) is 327 Å². The monoisotopic (exact) mass is 964 g/mol. The van der Waals surface area contributed by atoms with Gasteiger partial charge in [-0.25, -0.2) is 4.79 Å². The number of carboxylic acids is 1. The number of nitrogens with zero attached hydrogens (tertiary/aromatic N) is 2. The molecule has 69 heavy (non-hydrogen) atoms. The van der Waals surface area contributed by atoms with Gasteiger partial charge in [-0.1, -0.05) is 84.4 Å². The van der Waals surface area contributed by atoms with E-state index in [1.54, 1.807) is 36.4 Å². The number of aliphatic carboxylic acids is 1. The van der Waals surface area contributed by atoms with Gasteiger partial charge in [0.05, 0.1) is 12.6 Å². The number of carbonyl (C=O) groups excluding carboxylic acids is 5. The Morgan fingerprint density at radius 3 is 1.68 bits per heavy atom. The molecular weight excluding hydrogens is 908 g/mol. The number of rotatable bonds is 25. The average Bonchev–Trinajstić information content (AvgIpc) is 3.33. The minimum atomic E-state index is -1.69. The fourth-order valence-electron chi connectivity index (χ4n) is 7.31. The van der Waals surface area contributed by atoms with Crippen molar-refractivity contribution in [3.63, 3.8) is 0 Å². The fourth-order valence-corrected chi connectivity index (χ4v) is 7.43. The summed E-state index contributed by atoms with van der Waals surface area (Å²) < 4.78 is 0. The number of guanidine groups is 1. The van der Waals surface area contributed by atoms with E-state index in [1.807, 2.05) is 42.5 Å². The predicted molar refractivity (Wildman–Crippen MR) is 259 cm³/mol. The van der Waals surface area contributed by atoms with Crippen LogP contribution in [0.15, 0.2) is 121 Å². The van der Waals surface area contributed by atoms with E-state index in [4.69, 9.17) is 28.8 Å². The van der Waals surface area contributed by atoms with Crippen LogP contribution in [0.4, 0.5) is 0 Å². The van der Waals surface area contributed by atoms with Crippen molar-refractivity contribution in [2.24, 2.45) is 22.2 Å². The molecule has 1 aromatic heterocycles. The van der Waals surface area contributed by atoms with Gasteiger partial charge in [0.2, 0.25) is 29.5 Å². The number of aliphatic imine (C=N–C) groups is 1. The van der Waals surface area contributed by atoms with Gasteiger partial charge in [-0.3, -0.25) is 33.9 Å². The minimum absolute atomic E-state index is 0.00265. The largest absolute Gasteiger partial charge is 0.508 e. The van der Waals surface area contributed by atoms with Crippen LogP contribution in [0.25, 0.3) is 10.8 Å². The zero-order valence-electron chi connectivity index (χ0n) is 37.6. The van der Waals surface area contributed by atoms with E-state index in [0.717, 1.165) is 16.3 Å². The number of aromatic hydroxyl groups is 1. The van der Waals surface area contributed by atoms with E-state index in [9.17, 15) is 44.1 Å². The van der Waals surface area contributed by atoms with Crippen LogP contribution in [-0.2, 0) is 54.5 Å². The van der Waals surface area contributed by atoms with Crippen LogP contribution >= 0.6 is 11.6 Å². The normalized spacial score (nSPS) is 13.6. The van der Waals surface area contributed by atoms with Gasteiger partial charge in [-0.15, -0.1) is 0 Å². The Hall–Kier alpha value is -7.61. The molecule has 0 saturated heterocycles. The lowest BCUT2D eigenvalue weighted by Gasteiger charge is -2.27. The predicted octanol–water partition coefficient (Wildman–Crippen LogP) is 1.14. The van der Waals surface area contributed by atoms with E-state index >= 15 is 0 Å². The molecule has 5 rings (SSSR count). The van der Waals surface area contributed by atoms with Gasteiger partial charge in [0.1, 0.15) is 36.0 Å². The maximum atomic E-state index is 14.3. The van der Waals surface area contributed by atoms with Crippen LogP contribution < -0.4 is 43.8 Å². The number of hydrogen-bond donors (Lipinski definition) is 11. The lowest BCUT2D eigenvalue weighted by atomic mass is 10.00. The summed E-state index contributed by atoms with van der Waals surface area (Å²) in [5, 5.41) is 45.5. The summed E-state index contributed by atoms with van der Waals surface area (Å²) in [4.78, 5) is 90.0. The van der Waals surface area contributed by atoms with E-state index in [1.165, 1.54) is 36.7 Å². The van der Waals surface area contributed by atoms with E-state index in [2.05, 4.69) is 36.6 Å². The highest BCUT2D eigenvalue weighted by molar-refractivity contribution is 6.30. The van der Waals surface area contributed by atoms with Crippen molar-refractivity contribution in [1.82, 2.24) is 31.6 Å². The van der Waals surface area contributed by atoms with Gasteiger partial charge in [-0.2, -0.15) is 0 Å². The number of fused-ring (bicyclic) bond motifs is 1. The number of nitrogens with one attached hydrogen (secondary N) is 5. The standard InChI is InChI=1S/C49H57ClN10O9/c50-35-16-11-29(12-17-35)24-39(57-43(63)37(51)23-31-10-15-33-7-1-2-8-34(33)22-31)45(65)58-41(26-32-6-5-20-54-27-32)46(66)60-42(28-61)47(67)59-40(25-30-13-18-36(62)19-14-30)44(64)56-38(48(68)69)9-3-4-21-55-49(52)53/h1-2,5-8,10-20,22,27,37-42,61-62H,3-4,9,21,23-26,28,51H2,(H,56,64)(H,57,63)(H,58,65)(H,59,67)(H,60,66)(H,68,69)(H4,52,53,55)/t37-,38-,39-,40+,41-,42+/m1/s1. The number of carboxylic acid groups (broad SMARTS) is 1. The number of pyridine rings is 1. The summed E-state index contributed by atoms with van der Waals surface area (Å²) >= 11 is 6.14. The third-order valence-corrected chi connectivity index (χ3v) is 11.3. The molecule has 14 N–H and O–H groups in total. The van der Waals surface area contributed by atoms with Crippen LogP contribution in [0.2, 0.25) is 5.02 Å². The Morgan fingerprint density at radius 2 is 1.12 bits per heavy atom. The molecule has 20 heteroatoms. The second-order valence-corrected chi connectivity index (χ2v) is 16.8. The van der Waals surface area contributed by atoms with Crippen molar-refractivity contribution in [1.29, 1.82) is 0 Å². The SMILES string of the molecule is NC(N)=NCCCC[C@@H](NC(=O)[C@H](Cc1ccc(O)cc1)NC(=O)[C@H](CO)NC(=O)[C@@H](Cc1cccnc1)NC(=O)[C@@H](Cc1ccc(Cl)cc1)NC(=O)[C@H](N)Cc1ccc2ccccc2c1)C(=O)O. The lowest BCUT2D eigenvalue weighted by Crippen LogP contribution is -2.60. The number of aliphatic hydroxyl groups excluding tert-OH is 1. The van der Waals surface area contributed by atoms with Crippen molar-refractivity contribution in [2.75, 3.05) is 13.2 Å². The molecule has 1 heterocycles. The van der Waals surface area contributed by atoms with Crippen LogP contribution in [0.5, 0.6) is 5.75 Å². The number of hydrogen-bond acceptors (Lipinski definition) is 11. The Kier molecular flexibility index (Phi) is 19.8. The van der Waals surface area contributed by atoms with Crippen LogP contribution in [0, 0.1) is 0 Å². The molecule has 0 aliphatic carbocycles. The zero-order chi connectivity index (χ0) is 49.9. The molecule has 6 atom stereocenters. The van der Waals surface area contributed by atoms with Crippen molar-refractivity contribution in [2.45, 2.75) is 81.2 Å². The van der Waals surface area contributed by atoms with Crippen LogP contribution in [-0.4, -0.2) is 111 Å². The summed E-state index contributed by atoms with van der Waals surface area (Å²) in [6, 6.07) is 20.8. The lowest BCUT2D eigenvalue weighted by molar-refractivity contribution is -0.142.